The van der Waals surface area contributed by atoms with Crippen molar-refractivity contribution in [3.8, 4) is 0 Å². The Hall–Kier alpha value is -1.28. The first kappa shape index (κ1) is 11.2. The van der Waals surface area contributed by atoms with Gasteiger partial charge in [0.25, 0.3) is 0 Å². The van der Waals surface area contributed by atoms with E-state index in [0.717, 1.165) is 32.6 Å². The van der Waals surface area contributed by atoms with Gasteiger partial charge in [0, 0.05) is 31.9 Å². The molecule has 2 rings (SSSR count). The van der Waals surface area contributed by atoms with Crippen LogP contribution in [-0.2, 0) is 0 Å². The van der Waals surface area contributed by atoms with E-state index < -0.39 is 0 Å². The van der Waals surface area contributed by atoms with Crippen molar-refractivity contribution >= 4 is 0 Å². The summed E-state index contributed by atoms with van der Waals surface area (Å²) in [5.41, 5.74) is 1.44. The average Bonchev–Trinajstić information content (AvgIpc) is 2.33. The predicted molar refractivity (Wildman–Crippen MR) is 69.2 cm³/mol. The van der Waals surface area contributed by atoms with Gasteiger partial charge in [-0.15, -0.1) is 13.2 Å². The van der Waals surface area contributed by atoms with Gasteiger partial charge >= 0.3 is 0 Å². The molecule has 0 amide bonds. The third-order valence-corrected chi connectivity index (χ3v) is 3.28. The highest BCUT2D eigenvalue weighted by Crippen LogP contribution is 2.26. The Balaban J connectivity index is 2.15. The first-order valence-corrected chi connectivity index (χ1v) is 5.94. The Morgan fingerprint density at radius 1 is 1.25 bits per heavy atom. The zero-order valence-corrected chi connectivity index (χ0v) is 9.81. The summed E-state index contributed by atoms with van der Waals surface area (Å²) >= 11 is 0. The maximum absolute atomic E-state index is 3.84. The van der Waals surface area contributed by atoms with Gasteiger partial charge in [-0.25, -0.2) is 0 Å². The summed E-state index contributed by atoms with van der Waals surface area (Å²) in [6.45, 7) is 11.8. The number of fused-ring (bicyclic) bond motifs is 1. The zero-order chi connectivity index (χ0) is 11.4. The van der Waals surface area contributed by atoms with E-state index in [1.165, 1.54) is 5.70 Å². The summed E-state index contributed by atoms with van der Waals surface area (Å²) in [7, 11) is 0. The van der Waals surface area contributed by atoms with Crippen LogP contribution in [-0.4, -0.2) is 42.0 Å². The molecule has 0 aromatic rings. The van der Waals surface area contributed by atoms with Gasteiger partial charge in [0.1, 0.15) is 0 Å². The second-order valence-electron chi connectivity index (χ2n) is 4.29. The quantitative estimate of drug-likeness (QED) is 0.665. The predicted octanol–water partition coefficient (Wildman–Crippen LogP) is 2.19. The van der Waals surface area contributed by atoms with E-state index in [2.05, 4.69) is 41.2 Å². The highest BCUT2D eigenvalue weighted by Gasteiger charge is 2.29. The van der Waals surface area contributed by atoms with Crippen LogP contribution >= 0.6 is 0 Å². The van der Waals surface area contributed by atoms with Crippen LogP contribution < -0.4 is 0 Å². The van der Waals surface area contributed by atoms with Crippen molar-refractivity contribution in [2.24, 2.45) is 0 Å². The van der Waals surface area contributed by atoms with E-state index in [1.54, 1.807) is 0 Å². The van der Waals surface area contributed by atoms with Crippen LogP contribution in [0.15, 0.2) is 49.2 Å². The summed E-state index contributed by atoms with van der Waals surface area (Å²) in [5, 5.41) is 0. The molecule has 16 heavy (non-hydrogen) atoms. The fourth-order valence-electron chi connectivity index (χ4n) is 2.53. The summed E-state index contributed by atoms with van der Waals surface area (Å²) in [5.74, 6) is 0. The molecular weight excluding hydrogens is 196 g/mol. The van der Waals surface area contributed by atoms with Crippen molar-refractivity contribution in [3.63, 3.8) is 0 Å². The van der Waals surface area contributed by atoms with Gasteiger partial charge in [0.15, 0.2) is 0 Å². The first-order chi connectivity index (χ1) is 7.86. The Morgan fingerprint density at radius 3 is 2.81 bits per heavy atom. The highest BCUT2D eigenvalue weighted by molar-refractivity contribution is 5.25. The topological polar surface area (TPSA) is 6.48 Å². The molecule has 1 saturated heterocycles. The molecule has 2 nitrogen and oxygen atoms in total. The summed E-state index contributed by atoms with van der Waals surface area (Å²) in [6, 6.07) is 0.539. The van der Waals surface area contributed by atoms with E-state index in [-0.39, 0.29) is 0 Å². The van der Waals surface area contributed by atoms with Crippen LogP contribution in [0.4, 0.5) is 0 Å². The lowest BCUT2D eigenvalue weighted by Gasteiger charge is -2.44. The molecule has 0 spiro atoms. The minimum Gasteiger partial charge on any atom is -0.369 e. The minimum atomic E-state index is 0.539. The Kier molecular flexibility index (Phi) is 3.62. The molecule has 0 N–H and O–H groups in total. The molecule has 1 heterocycles. The minimum absolute atomic E-state index is 0.539. The highest BCUT2D eigenvalue weighted by atomic mass is 15.3. The van der Waals surface area contributed by atoms with Gasteiger partial charge < -0.3 is 4.90 Å². The Bertz CT molecular complexity index is 328. The number of nitrogens with zero attached hydrogens (tertiary/aromatic N) is 2. The first-order valence-electron chi connectivity index (χ1n) is 5.94. The Labute approximate surface area is 98.2 Å². The smallest absolute Gasteiger partial charge is 0.0535 e. The third-order valence-electron chi connectivity index (χ3n) is 3.28. The van der Waals surface area contributed by atoms with Crippen LogP contribution in [0.1, 0.15) is 6.42 Å². The molecule has 1 atom stereocenters. The molecule has 1 aliphatic carbocycles. The number of allylic oxidation sites excluding steroid dienone is 2. The van der Waals surface area contributed by atoms with Crippen LogP contribution in [0.5, 0.6) is 0 Å². The molecule has 0 saturated carbocycles. The van der Waals surface area contributed by atoms with Crippen molar-refractivity contribution < 1.29 is 0 Å². The molecule has 0 aromatic heterocycles. The number of hydrogen-bond acceptors (Lipinski definition) is 2. The van der Waals surface area contributed by atoms with Gasteiger partial charge in [-0.1, -0.05) is 24.3 Å². The van der Waals surface area contributed by atoms with E-state index in [1.807, 2.05) is 12.2 Å². The van der Waals surface area contributed by atoms with Crippen LogP contribution in [0.3, 0.4) is 0 Å². The molecule has 1 unspecified atom stereocenters. The molecule has 1 fully saturated rings. The van der Waals surface area contributed by atoms with Crippen LogP contribution in [0, 0.1) is 0 Å². The summed E-state index contributed by atoms with van der Waals surface area (Å²) < 4.78 is 0. The van der Waals surface area contributed by atoms with Crippen molar-refractivity contribution in [1.29, 1.82) is 0 Å². The fraction of sp³-hybridized carbons (Fsp3) is 0.429. The number of rotatable bonds is 4. The maximum atomic E-state index is 3.84. The molecule has 2 aliphatic rings. The lowest BCUT2D eigenvalue weighted by Crippen LogP contribution is -2.51. The molecule has 1 aliphatic heterocycles. The van der Waals surface area contributed by atoms with Gasteiger partial charge in [0.2, 0.25) is 0 Å². The normalized spacial score (nSPS) is 24.9. The van der Waals surface area contributed by atoms with Gasteiger partial charge in [-0.3, -0.25) is 4.90 Å². The van der Waals surface area contributed by atoms with Crippen LogP contribution in [0.2, 0.25) is 0 Å². The van der Waals surface area contributed by atoms with Crippen molar-refractivity contribution in [2.45, 2.75) is 12.5 Å². The fourth-order valence-corrected chi connectivity index (χ4v) is 2.53. The van der Waals surface area contributed by atoms with Gasteiger partial charge in [-0.05, 0) is 12.5 Å². The molecule has 0 aromatic carbocycles. The second-order valence-corrected chi connectivity index (χ2v) is 4.29. The van der Waals surface area contributed by atoms with Crippen molar-refractivity contribution in [3.05, 3.63) is 49.2 Å². The monoisotopic (exact) mass is 216 g/mol. The van der Waals surface area contributed by atoms with E-state index in [4.69, 9.17) is 0 Å². The largest absolute Gasteiger partial charge is 0.369 e. The molecule has 0 bridgehead atoms. The van der Waals surface area contributed by atoms with E-state index in [9.17, 15) is 0 Å². The maximum Gasteiger partial charge on any atom is 0.0535 e. The van der Waals surface area contributed by atoms with Gasteiger partial charge in [-0.2, -0.15) is 0 Å². The molecule has 0 radical (unpaired) electrons. The zero-order valence-electron chi connectivity index (χ0n) is 9.81. The third kappa shape index (κ3) is 2.12. The van der Waals surface area contributed by atoms with E-state index >= 15 is 0 Å². The molecular formula is C14H20N2. The van der Waals surface area contributed by atoms with E-state index in [0.29, 0.717) is 6.04 Å². The molecule has 2 heteroatoms. The lowest BCUT2D eigenvalue weighted by molar-refractivity contribution is 0.138. The molecule has 86 valence electrons. The van der Waals surface area contributed by atoms with Gasteiger partial charge in [0.05, 0.1) is 6.04 Å². The number of hydrogen-bond donors (Lipinski definition) is 0. The van der Waals surface area contributed by atoms with Crippen molar-refractivity contribution in [2.75, 3.05) is 26.2 Å². The number of piperazine rings is 1. The summed E-state index contributed by atoms with van der Waals surface area (Å²) in [4.78, 5) is 4.93. The average molecular weight is 216 g/mol. The lowest BCUT2D eigenvalue weighted by atomic mass is 9.99. The summed E-state index contributed by atoms with van der Waals surface area (Å²) in [6.07, 6.45) is 11.8. The SMILES string of the molecule is C=CCN1CCN(CC=C)C2CC=CC=C21. The standard InChI is InChI=1S/C14H20N2/c1-3-9-15-11-12-16(10-4-2)14-8-6-5-7-13(14)15/h3-7,14H,1-2,8-12H2. The van der Waals surface area contributed by atoms with Crippen LogP contribution in [0.25, 0.3) is 0 Å². The Morgan fingerprint density at radius 2 is 2.06 bits per heavy atom. The second kappa shape index (κ2) is 5.17. The van der Waals surface area contributed by atoms with Crippen molar-refractivity contribution in [1.82, 2.24) is 9.80 Å².